The second-order valence-corrected chi connectivity index (χ2v) is 8.82. The van der Waals surface area contributed by atoms with Gasteiger partial charge in [-0.05, 0) is 24.5 Å². The lowest BCUT2D eigenvalue weighted by Crippen LogP contribution is -2.46. The lowest BCUT2D eigenvalue weighted by atomic mass is 9.70. The van der Waals surface area contributed by atoms with Crippen molar-refractivity contribution in [2.45, 2.75) is 18.3 Å². The molecule has 1 aromatic carbocycles. The molecule has 162 valence electrons. The Labute approximate surface area is 191 Å². The van der Waals surface area contributed by atoms with Gasteiger partial charge in [-0.15, -0.1) is 11.3 Å². The molecule has 0 atom stereocenters. The zero-order chi connectivity index (χ0) is 21.7. The minimum Gasteiger partial charge on any atom is -0.383 e. The number of benzene rings is 1. The Morgan fingerprint density at radius 3 is 2.74 bits per heavy atom. The monoisotopic (exact) mass is 456 g/mol. The van der Waals surface area contributed by atoms with E-state index in [1.807, 2.05) is 11.0 Å². The number of hydrogen-bond donors (Lipinski definition) is 1. The summed E-state index contributed by atoms with van der Waals surface area (Å²) in [6.07, 6.45) is 4.71. The smallest absolute Gasteiger partial charge is 0.255 e. The lowest BCUT2D eigenvalue weighted by Gasteiger charge is -2.41. The summed E-state index contributed by atoms with van der Waals surface area (Å²) < 4.78 is 5.12. The normalized spacial score (nSPS) is 15.6. The summed E-state index contributed by atoms with van der Waals surface area (Å²) in [4.78, 5) is 23.8. The molecule has 6 nitrogen and oxygen atoms in total. The molecule has 0 spiro atoms. The Morgan fingerprint density at radius 2 is 2.03 bits per heavy atom. The van der Waals surface area contributed by atoms with E-state index < -0.39 is 0 Å². The minimum atomic E-state index is -0.224. The Hall–Kier alpha value is -2.48. The molecule has 0 aliphatic carbocycles. The van der Waals surface area contributed by atoms with E-state index in [-0.39, 0.29) is 11.3 Å². The van der Waals surface area contributed by atoms with Crippen LogP contribution in [0.15, 0.2) is 54.2 Å². The highest BCUT2D eigenvalue weighted by Crippen LogP contribution is 2.43. The van der Waals surface area contributed by atoms with E-state index >= 15 is 0 Å². The number of anilines is 1. The van der Waals surface area contributed by atoms with Gasteiger partial charge >= 0.3 is 0 Å². The van der Waals surface area contributed by atoms with Crippen LogP contribution < -0.4 is 5.32 Å². The number of rotatable bonds is 7. The zero-order valence-corrected chi connectivity index (χ0v) is 19.0. The van der Waals surface area contributed by atoms with Gasteiger partial charge in [0.15, 0.2) is 5.13 Å². The van der Waals surface area contributed by atoms with Gasteiger partial charge in [0.2, 0.25) is 0 Å². The van der Waals surface area contributed by atoms with Gasteiger partial charge in [0, 0.05) is 49.9 Å². The SMILES string of the molecule is COCCNc1nc(C2(c3ccccc3)CCN(C(=O)c3ccncc3Cl)CC2)cs1. The predicted octanol–water partition coefficient (Wildman–Crippen LogP) is 4.47. The lowest BCUT2D eigenvalue weighted by molar-refractivity contribution is 0.0684. The van der Waals surface area contributed by atoms with E-state index in [0.717, 1.165) is 30.2 Å². The van der Waals surface area contributed by atoms with E-state index in [2.05, 4.69) is 39.9 Å². The highest BCUT2D eigenvalue weighted by molar-refractivity contribution is 7.13. The number of aromatic nitrogens is 2. The summed E-state index contributed by atoms with van der Waals surface area (Å²) in [6, 6.07) is 12.2. The first-order valence-electron chi connectivity index (χ1n) is 10.3. The number of amides is 1. The molecule has 0 saturated carbocycles. The van der Waals surface area contributed by atoms with Crippen LogP contribution in [0.25, 0.3) is 0 Å². The Morgan fingerprint density at radius 1 is 1.26 bits per heavy atom. The number of hydrogen-bond acceptors (Lipinski definition) is 6. The van der Waals surface area contributed by atoms with Gasteiger partial charge in [0.25, 0.3) is 5.91 Å². The molecule has 1 aliphatic heterocycles. The fraction of sp³-hybridized carbons (Fsp3) is 0.348. The maximum Gasteiger partial charge on any atom is 0.255 e. The fourth-order valence-electron chi connectivity index (χ4n) is 4.10. The molecular formula is C23H25ClN4O2S. The molecule has 1 fully saturated rings. The van der Waals surface area contributed by atoms with Crippen molar-refractivity contribution < 1.29 is 9.53 Å². The number of nitrogens with zero attached hydrogens (tertiary/aromatic N) is 3. The number of pyridine rings is 1. The van der Waals surface area contributed by atoms with Gasteiger partial charge in [-0.3, -0.25) is 9.78 Å². The van der Waals surface area contributed by atoms with E-state index in [9.17, 15) is 4.79 Å². The maximum atomic E-state index is 13.0. The Bertz CT molecular complexity index is 1020. The summed E-state index contributed by atoms with van der Waals surface area (Å²) >= 11 is 7.82. The number of nitrogens with one attached hydrogen (secondary N) is 1. The third-order valence-electron chi connectivity index (χ3n) is 5.81. The molecule has 3 aromatic rings. The van der Waals surface area contributed by atoms with E-state index in [4.69, 9.17) is 21.3 Å². The van der Waals surface area contributed by atoms with Crippen LogP contribution >= 0.6 is 22.9 Å². The largest absolute Gasteiger partial charge is 0.383 e. The van der Waals surface area contributed by atoms with Crippen LogP contribution in [0, 0.1) is 0 Å². The standard InChI is InChI=1S/C23H25ClN4O2S/c1-30-14-11-26-22-27-20(16-31-22)23(17-5-3-2-4-6-17)8-12-28(13-9-23)21(29)18-7-10-25-15-19(18)24/h2-7,10,15-16H,8-9,11-14H2,1H3,(H,26,27). The summed E-state index contributed by atoms with van der Waals surface area (Å²) in [5.41, 5.74) is 2.57. The van der Waals surface area contributed by atoms with Gasteiger partial charge in [-0.25, -0.2) is 4.98 Å². The summed E-state index contributed by atoms with van der Waals surface area (Å²) in [5, 5.41) is 6.74. The van der Waals surface area contributed by atoms with Crippen LogP contribution in [0.4, 0.5) is 5.13 Å². The number of halogens is 1. The molecule has 3 heterocycles. The highest BCUT2D eigenvalue weighted by Gasteiger charge is 2.41. The predicted molar refractivity (Wildman–Crippen MR) is 124 cm³/mol. The summed E-state index contributed by atoms with van der Waals surface area (Å²) in [5.74, 6) is -0.0470. The molecule has 1 amide bonds. The van der Waals surface area contributed by atoms with Crippen molar-refractivity contribution in [3.8, 4) is 0 Å². The first kappa shape index (κ1) is 21.7. The van der Waals surface area contributed by atoms with Gasteiger partial charge in [-0.2, -0.15) is 0 Å². The fourth-order valence-corrected chi connectivity index (χ4v) is 5.13. The first-order chi connectivity index (χ1) is 15.1. The number of piperidine rings is 1. The molecule has 0 radical (unpaired) electrons. The number of likely N-dealkylation sites (tertiary alicyclic amines) is 1. The van der Waals surface area contributed by atoms with Crippen LogP contribution in [0.5, 0.6) is 0 Å². The van der Waals surface area contributed by atoms with Crippen LogP contribution in [0.1, 0.15) is 34.5 Å². The van der Waals surface area contributed by atoms with Crippen molar-refractivity contribution in [1.82, 2.24) is 14.9 Å². The van der Waals surface area contributed by atoms with Gasteiger partial charge in [-0.1, -0.05) is 41.9 Å². The molecule has 4 rings (SSSR count). The molecule has 31 heavy (non-hydrogen) atoms. The highest BCUT2D eigenvalue weighted by atomic mass is 35.5. The van der Waals surface area contributed by atoms with Crippen molar-refractivity contribution in [3.63, 3.8) is 0 Å². The number of methoxy groups -OCH3 is 1. The molecular weight excluding hydrogens is 432 g/mol. The average Bonchev–Trinajstić information content (AvgIpc) is 3.29. The Balaban J connectivity index is 1.57. The maximum absolute atomic E-state index is 13.0. The number of carbonyl (C=O) groups excluding carboxylic acids is 1. The summed E-state index contributed by atoms with van der Waals surface area (Å²) in [6.45, 7) is 2.62. The second kappa shape index (κ2) is 9.77. The van der Waals surface area contributed by atoms with Crippen molar-refractivity contribution in [3.05, 3.63) is 76.0 Å². The topological polar surface area (TPSA) is 67.3 Å². The number of ether oxygens (including phenoxy) is 1. The molecule has 1 saturated heterocycles. The number of carbonyl (C=O) groups is 1. The van der Waals surface area contributed by atoms with Crippen molar-refractivity contribution in [1.29, 1.82) is 0 Å². The average molecular weight is 457 g/mol. The minimum absolute atomic E-state index is 0.0470. The molecule has 1 N–H and O–H groups in total. The van der Waals surface area contributed by atoms with Gasteiger partial charge < -0.3 is 15.0 Å². The number of thiazole rings is 1. The van der Waals surface area contributed by atoms with Crippen molar-refractivity contribution in [2.75, 3.05) is 38.7 Å². The van der Waals surface area contributed by atoms with E-state index in [1.165, 1.54) is 11.8 Å². The van der Waals surface area contributed by atoms with Crippen LogP contribution in [0.2, 0.25) is 5.02 Å². The van der Waals surface area contributed by atoms with Crippen molar-refractivity contribution in [2.24, 2.45) is 0 Å². The second-order valence-electron chi connectivity index (χ2n) is 7.55. The Kier molecular flexibility index (Phi) is 6.85. The molecule has 8 heteroatoms. The van der Waals surface area contributed by atoms with Crippen LogP contribution in [-0.4, -0.2) is 54.1 Å². The van der Waals surface area contributed by atoms with Crippen molar-refractivity contribution >= 4 is 34.0 Å². The summed E-state index contributed by atoms with van der Waals surface area (Å²) in [7, 11) is 1.69. The molecule has 2 aromatic heterocycles. The zero-order valence-electron chi connectivity index (χ0n) is 17.4. The third-order valence-corrected chi connectivity index (χ3v) is 6.91. The third kappa shape index (κ3) is 4.59. The van der Waals surface area contributed by atoms with Gasteiger partial charge in [0.1, 0.15) is 0 Å². The molecule has 0 bridgehead atoms. The van der Waals surface area contributed by atoms with E-state index in [1.54, 1.807) is 30.7 Å². The van der Waals surface area contributed by atoms with E-state index in [0.29, 0.717) is 30.3 Å². The molecule has 0 unspecified atom stereocenters. The molecule has 1 aliphatic rings. The van der Waals surface area contributed by atoms with Gasteiger partial charge in [0.05, 0.1) is 22.9 Å². The quantitative estimate of drug-likeness (QED) is 0.531. The van der Waals surface area contributed by atoms with Crippen LogP contribution in [-0.2, 0) is 10.2 Å². The first-order valence-corrected chi connectivity index (χ1v) is 11.5. The van der Waals surface area contributed by atoms with Crippen LogP contribution in [0.3, 0.4) is 0 Å².